The maximum absolute atomic E-state index is 12.2. The molecule has 3 rings (SSSR count). The lowest BCUT2D eigenvalue weighted by molar-refractivity contribution is -0.385. The fourth-order valence-corrected chi connectivity index (χ4v) is 3.17. The number of pyridine rings is 2. The Labute approximate surface area is 165 Å². The molecule has 0 spiro atoms. The second-order valence-corrected chi connectivity index (χ2v) is 6.75. The number of amides is 2. The van der Waals surface area contributed by atoms with Crippen molar-refractivity contribution in [2.24, 2.45) is 11.7 Å². The number of carbonyl (C=O) groups is 2. The molecule has 2 aromatic rings. The molecule has 152 valence electrons. The molecule has 2 aromatic heterocycles. The van der Waals surface area contributed by atoms with Gasteiger partial charge in [-0.1, -0.05) is 0 Å². The maximum atomic E-state index is 12.2. The Morgan fingerprint density at radius 2 is 2.10 bits per heavy atom. The van der Waals surface area contributed by atoms with Crippen LogP contribution in [0.2, 0.25) is 0 Å². The van der Waals surface area contributed by atoms with Gasteiger partial charge in [0.05, 0.1) is 28.9 Å². The van der Waals surface area contributed by atoms with Crippen LogP contribution in [0.25, 0.3) is 0 Å². The van der Waals surface area contributed by atoms with Crippen LogP contribution in [0.5, 0.6) is 0 Å². The molecule has 0 bridgehead atoms. The van der Waals surface area contributed by atoms with Crippen LogP contribution in [0.3, 0.4) is 0 Å². The average Bonchev–Trinajstić information content (AvgIpc) is 2.70. The van der Waals surface area contributed by atoms with Crippen LogP contribution in [0.1, 0.15) is 12.8 Å². The molecule has 0 radical (unpaired) electrons. The summed E-state index contributed by atoms with van der Waals surface area (Å²) < 4.78 is 0.965. The van der Waals surface area contributed by atoms with Gasteiger partial charge in [-0.15, -0.1) is 0 Å². The fourth-order valence-electron chi connectivity index (χ4n) is 3.17. The normalized spacial score (nSPS) is 16.3. The quantitative estimate of drug-likeness (QED) is 0.528. The van der Waals surface area contributed by atoms with Gasteiger partial charge in [0.15, 0.2) is 0 Å². The Bertz CT molecular complexity index is 987. The Kier molecular flexibility index (Phi) is 5.86. The number of nitrogens with one attached hydrogen (secondary N) is 1. The van der Waals surface area contributed by atoms with E-state index in [1.165, 1.54) is 6.20 Å². The van der Waals surface area contributed by atoms with Gasteiger partial charge in [-0.05, 0) is 25.0 Å². The van der Waals surface area contributed by atoms with Crippen molar-refractivity contribution in [2.75, 3.05) is 23.3 Å². The Morgan fingerprint density at radius 3 is 2.76 bits per heavy atom. The van der Waals surface area contributed by atoms with Crippen molar-refractivity contribution in [2.45, 2.75) is 19.4 Å². The van der Waals surface area contributed by atoms with Gasteiger partial charge in [0, 0.05) is 25.2 Å². The second-order valence-electron chi connectivity index (χ2n) is 6.75. The van der Waals surface area contributed by atoms with E-state index in [0.717, 1.165) is 42.3 Å². The van der Waals surface area contributed by atoms with Crippen LogP contribution in [-0.4, -0.2) is 39.4 Å². The minimum absolute atomic E-state index is 0.210. The van der Waals surface area contributed by atoms with Crippen LogP contribution < -0.4 is 21.5 Å². The number of carbonyl (C=O) groups excluding carboxylic acids is 2. The lowest BCUT2D eigenvalue weighted by Gasteiger charge is -2.32. The third-order valence-electron chi connectivity index (χ3n) is 4.67. The molecule has 3 N–H and O–H groups in total. The number of piperidine rings is 1. The van der Waals surface area contributed by atoms with Crippen molar-refractivity contribution in [3.8, 4) is 0 Å². The largest absolute Gasteiger partial charge is 0.369 e. The number of nitro groups is 1. The highest BCUT2D eigenvalue weighted by molar-refractivity contribution is 5.90. The number of primary amides is 1. The highest BCUT2D eigenvalue weighted by atomic mass is 16.6. The van der Waals surface area contributed by atoms with E-state index in [1.54, 1.807) is 12.1 Å². The van der Waals surface area contributed by atoms with Gasteiger partial charge in [0.25, 0.3) is 11.2 Å². The molecule has 11 nitrogen and oxygen atoms in total. The van der Waals surface area contributed by atoms with Crippen molar-refractivity contribution >= 4 is 29.0 Å². The molecule has 1 aliphatic heterocycles. The number of nitrogens with two attached hydrogens (primary N) is 1. The third-order valence-corrected chi connectivity index (χ3v) is 4.67. The van der Waals surface area contributed by atoms with Crippen LogP contribution in [0.15, 0.2) is 41.5 Å². The first kappa shape index (κ1) is 20.0. The lowest BCUT2D eigenvalue weighted by atomic mass is 9.97. The molecule has 29 heavy (non-hydrogen) atoms. The Morgan fingerprint density at radius 1 is 1.31 bits per heavy atom. The standard InChI is InChI=1S/C18H20N6O5/c19-18(27)12-2-1-7-22(9-12)15-5-3-13(8-20-15)21-16(25)11-23-10-14(24(28)29)4-6-17(23)26/h3-6,8,10,12H,1-2,7,9,11H2,(H2,19,27)(H,21,25). The molecule has 3 heterocycles. The average molecular weight is 400 g/mol. The second kappa shape index (κ2) is 8.50. The molecule has 0 aliphatic carbocycles. The molecular weight excluding hydrogens is 380 g/mol. The topological polar surface area (TPSA) is 153 Å². The summed E-state index contributed by atoms with van der Waals surface area (Å²) in [6.45, 7) is 0.899. The predicted molar refractivity (Wildman–Crippen MR) is 104 cm³/mol. The summed E-state index contributed by atoms with van der Waals surface area (Å²) in [6, 6.07) is 5.51. The van der Waals surface area contributed by atoms with Gasteiger partial charge >= 0.3 is 0 Å². The third kappa shape index (κ3) is 4.94. The first-order chi connectivity index (χ1) is 13.8. The van der Waals surface area contributed by atoms with Crippen LogP contribution in [0.4, 0.5) is 17.2 Å². The van der Waals surface area contributed by atoms with Gasteiger partial charge in [0.2, 0.25) is 11.8 Å². The molecule has 1 atom stereocenters. The number of aromatic nitrogens is 2. The summed E-state index contributed by atoms with van der Waals surface area (Å²) in [5.74, 6) is -0.383. The maximum Gasteiger partial charge on any atom is 0.285 e. The molecule has 1 aliphatic rings. The van der Waals surface area contributed by atoms with E-state index >= 15 is 0 Å². The highest BCUT2D eigenvalue weighted by Crippen LogP contribution is 2.22. The molecule has 1 fully saturated rings. The molecule has 1 saturated heterocycles. The van der Waals surface area contributed by atoms with E-state index in [2.05, 4.69) is 10.3 Å². The minimum Gasteiger partial charge on any atom is -0.369 e. The predicted octanol–water partition coefficient (Wildman–Crippen LogP) is 0.492. The summed E-state index contributed by atoms with van der Waals surface area (Å²) in [4.78, 5) is 51.8. The Balaban J connectivity index is 1.63. The van der Waals surface area contributed by atoms with E-state index in [1.807, 2.05) is 4.90 Å². The summed E-state index contributed by atoms with van der Waals surface area (Å²) >= 11 is 0. The number of nitrogens with zero attached hydrogens (tertiary/aromatic N) is 4. The van der Waals surface area contributed by atoms with Crippen LogP contribution in [-0.2, 0) is 16.1 Å². The van der Waals surface area contributed by atoms with Gasteiger partial charge in [-0.2, -0.15) is 0 Å². The molecule has 1 unspecified atom stereocenters. The van der Waals surface area contributed by atoms with Gasteiger partial charge < -0.3 is 16.0 Å². The van der Waals surface area contributed by atoms with E-state index in [4.69, 9.17) is 5.73 Å². The van der Waals surface area contributed by atoms with E-state index < -0.39 is 16.4 Å². The lowest BCUT2D eigenvalue weighted by Crippen LogP contribution is -2.41. The Hall–Kier alpha value is -3.76. The SMILES string of the molecule is NC(=O)C1CCCN(c2ccc(NC(=O)Cn3cc([N+](=O)[O-])ccc3=O)cn2)C1. The number of hydrogen-bond donors (Lipinski definition) is 2. The first-order valence-electron chi connectivity index (χ1n) is 8.98. The minimum atomic E-state index is -0.639. The fraction of sp³-hybridized carbons (Fsp3) is 0.333. The van der Waals surface area contributed by atoms with Crippen molar-refractivity contribution in [3.05, 3.63) is 57.1 Å². The zero-order chi connectivity index (χ0) is 21.0. The van der Waals surface area contributed by atoms with E-state index in [0.29, 0.717) is 18.1 Å². The monoisotopic (exact) mass is 400 g/mol. The zero-order valence-corrected chi connectivity index (χ0v) is 15.5. The van der Waals surface area contributed by atoms with E-state index in [-0.39, 0.29) is 24.1 Å². The van der Waals surface area contributed by atoms with E-state index in [9.17, 15) is 24.5 Å². The summed E-state index contributed by atoms with van der Waals surface area (Å²) in [5, 5.41) is 13.4. The van der Waals surface area contributed by atoms with Crippen molar-refractivity contribution in [1.82, 2.24) is 9.55 Å². The molecule has 2 amide bonds. The zero-order valence-electron chi connectivity index (χ0n) is 15.5. The first-order valence-corrected chi connectivity index (χ1v) is 8.98. The summed E-state index contributed by atoms with van der Waals surface area (Å²) in [7, 11) is 0. The number of hydrogen-bond acceptors (Lipinski definition) is 7. The molecule has 0 saturated carbocycles. The van der Waals surface area contributed by atoms with Crippen molar-refractivity contribution in [3.63, 3.8) is 0 Å². The molecule has 0 aromatic carbocycles. The molecule has 11 heteroatoms. The van der Waals surface area contributed by atoms with Crippen LogP contribution in [0, 0.1) is 16.0 Å². The summed E-state index contributed by atoms with van der Waals surface area (Å²) in [6.07, 6.45) is 4.09. The number of rotatable bonds is 6. The number of anilines is 2. The van der Waals surface area contributed by atoms with Crippen molar-refractivity contribution in [1.29, 1.82) is 0 Å². The van der Waals surface area contributed by atoms with Crippen molar-refractivity contribution < 1.29 is 14.5 Å². The summed E-state index contributed by atoms with van der Waals surface area (Å²) in [5.41, 5.74) is 5.01. The molecular formula is C18H20N6O5. The highest BCUT2D eigenvalue weighted by Gasteiger charge is 2.24. The van der Waals surface area contributed by atoms with Gasteiger partial charge in [-0.3, -0.25) is 29.1 Å². The van der Waals surface area contributed by atoms with Gasteiger partial charge in [-0.25, -0.2) is 4.98 Å². The smallest absolute Gasteiger partial charge is 0.285 e. The van der Waals surface area contributed by atoms with Gasteiger partial charge in [0.1, 0.15) is 12.4 Å². The van der Waals surface area contributed by atoms with Crippen LogP contribution >= 0.6 is 0 Å².